The van der Waals surface area contributed by atoms with Gasteiger partial charge in [-0.1, -0.05) is 55.5 Å². The van der Waals surface area contributed by atoms with Crippen molar-refractivity contribution in [3.8, 4) is 0 Å². The van der Waals surface area contributed by atoms with Crippen molar-refractivity contribution in [2.24, 2.45) is 5.92 Å². The summed E-state index contributed by atoms with van der Waals surface area (Å²) in [7, 11) is 2.19. The van der Waals surface area contributed by atoms with Crippen molar-refractivity contribution in [1.29, 1.82) is 0 Å². The van der Waals surface area contributed by atoms with Gasteiger partial charge in [-0.25, -0.2) is 0 Å². The van der Waals surface area contributed by atoms with Crippen LogP contribution in [0, 0.1) is 5.92 Å². The van der Waals surface area contributed by atoms with Gasteiger partial charge in [0.25, 0.3) is 0 Å². The van der Waals surface area contributed by atoms with Gasteiger partial charge < -0.3 is 4.90 Å². The Hall–Kier alpha value is -1.50. The lowest BCUT2D eigenvalue weighted by atomic mass is 9.96. The quantitative estimate of drug-likeness (QED) is 0.608. The molecule has 2 atom stereocenters. The van der Waals surface area contributed by atoms with E-state index in [0.29, 0.717) is 12.0 Å². The van der Waals surface area contributed by atoms with E-state index in [-0.39, 0.29) is 0 Å². The number of hydrogen-bond donors (Lipinski definition) is 0. The summed E-state index contributed by atoms with van der Waals surface area (Å²) in [4.78, 5) is 2.38. The van der Waals surface area contributed by atoms with Gasteiger partial charge in [-0.3, -0.25) is 0 Å². The van der Waals surface area contributed by atoms with Crippen LogP contribution in [-0.4, -0.2) is 18.0 Å². The molecule has 0 radical (unpaired) electrons. The van der Waals surface area contributed by atoms with Gasteiger partial charge >= 0.3 is 0 Å². The van der Waals surface area contributed by atoms with E-state index in [1.54, 1.807) is 0 Å². The molecule has 1 heteroatoms. The first-order valence-corrected chi connectivity index (χ1v) is 6.34. The lowest BCUT2D eigenvalue weighted by Crippen LogP contribution is -2.28. The van der Waals surface area contributed by atoms with Crippen molar-refractivity contribution in [1.82, 2.24) is 4.90 Å². The van der Waals surface area contributed by atoms with E-state index in [1.165, 1.54) is 11.3 Å². The molecule has 2 unspecified atom stereocenters. The van der Waals surface area contributed by atoms with E-state index in [0.717, 1.165) is 6.42 Å². The minimum absolute atomic E-state index is 0.440. The van der Waals surface area contributed by atoms with Gasteiger partial charge in [-0.05, 0) is 12.5 Å². The van der Waals surface area contributed by atoms with Gasteiger partial charge in [0.05, 0.1) is 0 Å². The van der Waals surface area contributed by atoms with Crippen LogP contribution in [0.4, 0.5) is 0 Å². The van der Waals surface area contributed by atoms with Crippen molar-refractivity contribution in [2.45, 2.75) is 26.3 Å². The standard InChI is InChI=1S/C16H21N/c1-13-9-7-8-10-14(2)17(3)16-12-6-4-5-11-15(13)16/h4-11,13-14H,12H2,1-3H3/b9-7-,10-8-. The van der Waals surface area contributed by atoms with Crippen molar-refractivity contribution in [2.75, 3.05) is 7.05 Å². The summed E-state index contributed by atoms with van der Waals surface area (Å²) in [6.07, 6.45) is 18.6. The van der Waals surface area contributed by atoms with Crippen LogP contribution in [-0.2, 0) is 0 Å². The van der Waals surface area contributed by atoms with E-state index in [9.17, 15) is 0 Å². The Morgan fingerprint density at radius 3 is 2.65 bits per heavy atom. The Labute approximate surface area is 105 Å². The minimum atomic E-state index is 0.440. The maximum absolute atomic E-state index is 2.38. The summed E-state index contributed by atoms with van der Waals surface area (Å²) in [5.74, 6) is 0.471. The number of hydrogen-bond acceptors (Lipinski definition) is 1. The van der Waals surface area contributed by atoms with Crippen molar-refractivity contribution in [3.63, 3.8) is 0 Å². The van der Waals surface area contributed by atoms with Crippen LogP contribution in [0.5, 0.6) is 0 Å². The smallest absolute Gasteiger partial charge is 0.0441 e. The second-order valence-corrected chi connectivity index (χ2v) is 4.80. The van der Waals surface area contributed by atoms with Crippen LogP contribution in [0.15, 0.2) is 59.9 Å². The first-order valence-electron chi connectivity index (χ1n) is 6.34. The maximum Gasteiger partial charge on any atom is 0.0441 e. The monoisotopic (exact) mass is 227 g/mol. The van der Waals surface area contributed by atoms with Crippen LogP contribution in [0.25, 0.3) is 0 Å². The summed E-state index contributed by atoms with van der Waals surface area (Å²) in [6, 6.07) is 0.440. The SMILES string of the molecule is CC1/C=C\C=C/C(C)N(C)C2=C1C=CC=CC2. The lowest BCUT2D eigenvalue weighted by Gasteiger charge is -2.29. The van der Waals surface area contributed by atoms with Crippen LogP contribution >= 0.6 is 0 Å². The first-order chi connectivity index (χ1) is 8.20. The second-order valence-electron chi connectivity index (χ2n) is 4.80. The average Bonchev–Trinajstić information content (AvgIpc) is 2.55. The van der Waals surface area contributed by atoms with Crippen LogP contribution in [0.3, 0.4) is 0 Å². The number of rotatable bonds is 0. The zero-order valence-corrected chi connectivity index (χ0v) is 10.9. The van der Waals surface area contributed by atoms with Crippen molar-refractivity contribution < 1.29 is 0 Å². The van der Waals surface area contributed by atoms with Gasteiger partial charge in [0, 0.05) is 31.1 Å². The Morgan fingerprint density at radius 1 is 1.06 bits per heavy atom. The van der Waals surface area contributed by atoms with Crippen LogP contribution in [0.1, 0.15) is 20.3 Å². The fraction of sp³-hybridized carbons (Fsp3) is 0.375. The highest BCUT2D eigenvalue weighted by molar-refractivity contribution is 5.37. The fourth-order valence-electron chi connectivity index (χ4n) is 2.33. The predicted octanol–water partition coefficient (Wildman–Crippen LogP) is 3.84. The van der Waals surface area contributed by atoms with Gasteiger partial charge in [-0.2, -0.15) is 0 Å². The normalized spacial score (nSPS) is 32.3. The summed E-state index contributed by atoms with van der Waals surface area (Å²) in [5.41, 5.74) is 2.87. The minimum Gasteiger partial charge on any atom is -0.371 e. The Morgan fingerprint density at radius 2 is 1.82 bits per heavy atom. The molecule has 0 saturated carbocycles. The Bertz CT molecular complexity index is 421. The molecule has 1 aliphatic carbocycles. The highest BCUT2D eigenvalue weighted by Crippen LogP contribution is 2.27. The molecule has 0 saturated heterocycles. The maximum atomic E-state index is 2.38. The van der Waals surface area contributed by atoms with Gasteiger partial charge in [0.2, 0.25) is 0 Å². The van der Waals surface area contributed by atoms with Crippen molar-refractivity contribution in [3.05, 3.63) is 59.9 Å². The van der Waals surface area contributed by atoms with Crippen LogP contribution < -0.4 is 0 Å². The molecule has 0 bridgehead atoms. The predicted molar refractivity (Wildman–Crippen MR) is 74.6 cm³/mol. The molecule has 0 aromatic heterocycles. The molecular weight excluding hydrogens is 206 g/mol. The van der Waals surface area contributed by atoms with Gasteiger partial charge in [0.15, 0.2) is 0 Å². The van der Waals surface area contributed by atoms with E-state index >= 15 is 0 Å². The second kappa shape index (κ2) is 5.22. The summed E-state index contributed by atoms with van der Waals surface area (Å²) in [6.45, 7) is 4.50. The summed E-state index contributed by atoms with van der Waals surface area (Å²) >= 11 is 0. The molecule has 2 aliphatic rings. The molecule has 0 aromatic carbocycles. The molecule has 1 heterocycles. The highest BCUT2D eigenvalue weighted by atomic mass is 15.1. The molecule has 2 rings (SSSR count). The third-order valence-electron chi connectivity index (χ3n) is 3.60. The molecule has 0 fully saturated rings. The number of nitrogens with zero attached hydrogens (tertiary/aromatic N) is 1. The Kier molecular flexibility index (Phi) is 3.68. The molecule has 1 nitrogen and oxygen atoms in total. The molecule has 0 amide bonds. The van der Waals surface area contributed by atoms with E-state index in [4.69, 9.17) is 0 Å². The highest BCUT2D eigenvalue weighted by Gasteiger charge is 2.17. The lowest BCUT2D eigenvalue weighted by molar-refractivity contribution is 0.361. The number of likely N-dealkylation sites (N-methyl/N-ethyl adjacent to an activating group) is 1. The van der Waals surface area contributed by atoms with Gasteiger partial charge in [-0.15, -0.1) is 0 Å². The Balaban J connectivity index is 2.47. The van der Waals surface area contributed by atoms with Gasteiger partial charge in [0.1, 0.15) is 0 Å². The molecular formula is C16H21N. The molecule has 0 aromatic rings. The molecule has 90 valence electrons. The first kappa shape index (κ1) is 12.0. The fourth-order valence-corrected chi connectivity index (χ4v) is 2.33. The molecule has 0 spiro atoms. The molecule has 0 N–H and O–H groups in total. The zero-order chi connectivity index (χ0) is 12.3. The topological polar surface area (TPSA) is 3.24 Å². The summed E-state index contributed by atoms with van der Waals surface area (Å²) < 4.78 is 0. The zero-order valence-electron chi connectivity index (χ0n) is 10.9. The molecule has 17 heavy (non-hydrogen) atoms. The average molecular weight is 227 g/mol. The van der Waals surface area contributed by atoms with Crippen molar-refractivity contribution >= 4 is 0 Å². The third-order valence-corrected chi connectivity index (χ3v) is 3.60. The van der Waals surface area contributed by atoms with Crippen LogP contribution in [0.2, 0.25) is 0 Å². The third kappa shape index (κ3) is 2.60. The number of allylic oxidation sites excluding steroid dienone is 8. The summed E-state index contributed by atoms with van der Waals surface area (Å²) in [5, 5.41) is 0. The largest absolute Gasteiger partial charge is 0.371 e. The molecule has 1 aliphatic heterocycles. The van der Waals surface area contributed by atoms with E-state index in [1.807, 2.05) is 0 Å². The van der Waals surface area contributed by atoms with E-state index < -0.39 is 0 Å². The van der Waals surface area contributed by atoms with E-state index in [2.05, 4.69) is 74.4 Å².